The summed E-state index contributed by atoms with van der Waals surface area (Å²) in [5.74, 6) is -1.61. The third-order valence-corrected chi connectivity index (χ3v) is 2.41. The molecule has 1 aromatic carbocycles. The number of rotatable bonds is 4. The second-order valence-corrected chi connectivity index (χ2v) is 4.86. The normalized spacial score (nSPS) is 10.7. The first-order chi connectivity index (χ1) is 8.81. The van der Waals surface area contributed by atoms with Gasteiger partial charge in [0.15, 0.2) is 0 Å². The highest BCUT2D eigenvalue weighted by molar-refractivity contribution is 5.92. The highest BCUT2D eigenvalue weighted by Gasteiger charge is 2.14. The van der Waals surface area contributed by atoms with E-state index < -0.39 is 11.8 Å². The minimum absolute atomic E-state index is 0.00718. The fourth-order valence-corrected chi connectivity index (χ4v) is 1.17. The monoisotopic (exact) mass is 267 g/mol. The molecule has 0 heterocycles. The summed E-state index contributed by atoms with van der Waals surface area (Å²) >= 11 is 0. The number of amides is 1. The van der Waals surface area contributed by atoms with E-state index in [0.29, 0.717) is 0 Å². The molecule has 0 aliphatic rings. The minimum atomic E-state index is -0.571. The molecular formula is C14H18FNO3. The zero-order chi connectivity index (χ0) is 14.6. The Labute approximate surface area is 112 Å². The van der Waals surface area contributed by atoms with Crippen molar-refractivity contribution in [2.45, 2.75) is 27.7 Å². The molecule has 19 heavy (non-hydrogen) atoms. The summed E-state index contributed by atoms with van der Waals surface area (Å²) in [4.78, 5) is 23.0. The largest absolute Gasteiger partial charge is 0.426 e. The fourth-order valence-electron chi connectivity index (χ4n) is 1.17. The molecule has 0 atom stereocenters. The van der Waals surface area contributed by atoms with Crippen molar-refractivity contribution in [1.82, 2.24) is 0 Å². The molecule has 104 valence electrons. The van der Waals surface area contributed by atoms with Crippen molar-refractivity contribution in [2.24, 2.45) is 11.8 Å². The third kappa shape index (κ3) is 4.35. The van der Waals surface area contributed by atoms with Crippen LogP contribution in [0.2, 0.25) is 0 Å². The summed E-state index contributed by atoms with van der Waals surface area (Å²) in [7, 11) is 0. The summed E-state index contributed by atoms with van der Waals surface area (Å²) in [6, 6.07) is 3.80. The fraction of sp³-hybridized carbons (Fsp3) is 0.429. The molecule has 1 N–H and O–H groups in total. The topological polar surface area (TPSA) is 55.4 Å². The molecule has 1 rings (SSSR count). The summed E-state index contributed by atoms with van der Waals surface area (Å²) in [5, 5.41) is 2.45. The van der Waals surface area contributed by atoms with Crippen LogP contribution in [0.5, 0.6) is 5.75 Å². The number of benzene rings is 1. The van der Waals surface area contributed by atoms with Gasteiger partial charge in [0.1, 0.15) is 11.6 Å². The van der Waals surface area contributed by atoms with Crippen LogP contribution in [0.1, 0.15) is 27.7 Å². The molecule has 0 fully saturated rings. The van der Waals surface area contributed by atoms with E-state index >= 15 is 0 Å². The smallest absolute Gasteiger partial charge is 0.313 e. The summed E-state index contributed by atoms with van der Waals surface area (Å²) in [5.41, 5.74) is 0.00718. The molecule has 0 bridgehead atoms. The number of nitrogens with one attached hydrogen (secondary N) is 1. The number of carbonyl (C=O) groups excluding carboxylic acids is 2. The highest BCUT2D eigenvalue weighted by atomic mass is 19.1. The Morgan fingerprint density at radius 1 is 1.16 bits per heavy atom. The SMILES string of the molecule is CC(C)C(=O)Nc1cc(OC(=O)C(C)C)ccc1F. The van der Waals surface area contributed by atoms with Crippen LogP contribution < -0.4 is 10.1 Å². The van der Waals surface area contributed by atoms with Crippen LogP contribution in [0.25, 0.3) is 0 Å². The standard InChI is InChI=1S/C14H18FNO3/c1-8(2)13(17)16-12-7-10(5-6-11(12)15)19-14(18)9(3)4/h5-9H,1-4H3,(H,16,17). The van der Waals surface area contributed by atoms with Gasteiger partial charge in [-0.2, -0.15) is 0 Å². The molecule has 0 spiro atoms. The van der Waals surface area contributed by atoms with Gasteiger partial charge in [0, 0.05) is 12.0 Å². The Kier molecular flexibility index (Phi) is 5.03. The van der Waals surface area contributed by atoms with E-state index in [4.69, 9.17) is 4.74 Å². The second-order valence-electron chi connectivity index (χ2n) is 4.86. The molecule has 0 radical (unpaired) electrons. The van der Waals surface area contributed by atoms with Crippen molar-refractivity contribution in [2.75, 3.05) is 5.32 Å². The second kappa shape index (κ2) is 6.31. The van der Waals surface area contributed by atoms with Gasteiger partial charge in [-0.1, -0.05) is 27.7 Å². The first-order valence-corrected chi connectivity index (χ1v) is 6.13. The van der Waals surface area contributed by atoms with E-state index in [2.05, 4.69) is 5.32 Å². The van der Waals surface area contributed by atoms with Crippen molar-refractivity contribution in [3.8, 4) is 5.75 Å². The van der Waals surface area contributed by atoms with Crippen LogP contribution in [0, 0.1) is 17.7 Å². The molecule has 1 aromatic rings. The first kappa shape index (κ1) is 15.1. The van der Waals surface area contributed by atoms with Crippen molar-refractivity contribution in [3.05, 3.63) is 24.0 Å². The van der Waals surface area contributed by atoms with Crippen LogP contribution in [-0.4, -0.2) is 11.9 Å². The van der Waals surface area contributed by atoms with Crippen LogP contribution in [0.4, 0.5) is 10.1 Å². The van der Waals surface area contributed by atoms with Gasteiger partial charge in [0.05, 0.1) is 11.6 Å². The van der Waals surface area contributed by atoms with Gasteiger partial charge < -0.3 is 10.1 Å². The van der Waals surface area contributed by atoms with Gasteiger partial charge in [0.25, 0.3) is 0 Å². The maximum atomic E-state index is 13.5. The minimum Gasteiger partial charge on any atom is -0.426 e. The Balaban J connectivity index is 2.88. The number of halogens is 1. The Hall–Kier alpha value is -1.91. The first-order valence-electron chi connectivity index (χ1n) is 6.13. The molecule has 0 aliphatic carbocycles. The number of ether oxygens (including phenoxy) is 1. The van der Waals surface area contributed by atoms with Gasteiger partial charge in [-0.05, 0) is 12.1 Å². The van der Waals surface area contributed by atoms with Crippen molar-refractivity contribution in [3.63, 3.8) is 0 Å². The zero-order valence-corrected chi connectivity index (χ0v) is 11.5. The summed E-state index contributed by atoms with van der Waals surface area (Å²) in [6.45, 7) is 6.81. The molecule has 0 saturated carbocycles. The predicted molar refractivity (Wildman–Crippen MR) is 70.3 cm³/mol. The van der Waals surface area contributed by atoms with Crippen molar-refractivity contribution >= 4 is 17.6 Å². The van der Waals surface area contributed by atoms with Crippen molar-refractivity contribution in [1.29, 1.82) is 0 Å². The lowest BCUT2D eigenvalue weighted by Gasteiger charge is -2.11. The number of carbonyl (C=O) groups is 2. The summed E-state index contributed by atoms with van der Waals surface area (Å²) < 4.78 is 18.6. The zero-order valence-electron chi connectivity index (χ0n) is 11.5. The Morgan fingerprint density at radius 3 is 2.32 bits per heavy atom. The van der Waals surface area contributed by atoms with E-state index in [9.17, 15) is 14.0 Å². The van der Waals surface area contributed by atoms with Gasteiger partial charge in [0.2, 0.25) is 5.91 Å². The van der Waals surface area contributed by atoms with Gasteiger partial charge in [-0.3, -0.25) is 9.59 Å². The number of esters is 1. The number of anilines is 1. The molecule has 1 amide bonds. The lowest BCUT2D eigenvalue weighted by Crippen LogP contribution is -2.19. The quantitative estimate of drug-likeness (QED) is 0.674. The molecule has 0 saturated heterocycles. The average Bonchev–Trinajstić information content (AvgIpc) is 2.32. The lowest BCUT2D eigenvalue weighted by molar-refractivity contribution is -0.137. The van der Waals surface area contributed by atoms with Gasteiger partial charge >= 0.3 is 5.97 Å². The summed E-state index contributed by atoms with van der Waals surface area (Å²) in [6.07, 6.45) is 0. The van der Waals surface area contributed by atoms with Crippen LogP contribution in [-0.2, 0) is 9.59 Å². The molecule has 0 aromatic heterocycles. The molecule has 4 nitrogen and oxygen atoms in total. The van der Waals surface area contributed by atoms with Crippen LogP contribution >= 0.6 is 0 Å². The highest BCUT2D eigenvalue weighted by Crippen LogP contribution is 2.22. The van der Waals surface area contributed by atoms with E-state index in [-0.39, 0.29) is 29.2 Å². The third-order valence-electron chi connectivity index (χ3n) is 2.41. The van der Waals surface area contributed by atoms with E-state index in [0.717, 1.165) is 6.07 Å². The van der Waals surface area contributed by atoms with Crippen LogP contribution in [0.3, 0.4) is 0 Å². The van der Waals surface area contributed by atoms with Crippen LogP contribution in [0.15, 0.2) is 18.2 Å². The van der Waals surface area contributed by atoms with E-state index in [1.54, 1.807) is 27.7 Å². The van der Waals surface area contributed by atoms with E-state index in [1.807, 2.05) is 0 Å². The van der Waals surface area contributed by atoms with Gasteiger partial charge in [-0.15, -0.1) is 0 Å². The average molecular weight is 267 g/mol. The maximum absolute atomic E-state index is 13.5. The predicted octanol–water partition coefficient (Wildman–Crippen LogP) is 2.98. The molecular weight excluding hydrogens is 249 g/mol. The molecule has 0 aliphatic heterocycles. The Morgan fingerprint density at radius 2 is 1.79 bits per heavy atom. The maximum Gasteiger partial charge on any atom is 0.313 e. The lowest BCUT2D eigenvalue weighted by atomic mass is 10.2. The molecule has 5 heteroatoms. The number of hydrogen-bond acceptors (Lipinski definition) is 3. The molecule has 0 unspecified atom stereocenters. The number of hydrogen-bond donors (Lipinski definition) is 1. The van der Waals surface area contributed by atoms with Crippen molar-refractivity contribution < 1.29 is 18.7 Å². The van der Waals surface area contributed by atoms with Gasteiger partial charge in [-0.25, -0.2) is 4.39 Å². The Bertz CT molecular complexity index is 484. The van der Waals surface area contributed by atoms with E-state index in [1.165, 1.54) is 12.1 Å².